The molecule has 10 aliphatic carbocycles. The van der Waals surface area contributed by atoms with Crippen molar-refractivity contribution in [3.63, 3.8) is 0 Å². The summed E-state index contributed by atoms with van der Waals surface area (Å²) in [4.78, 5) is 88.0. The lowest BCUT2D eigenvalue weighted by Gasteiger charge is -2.34. The van der Waals surface area contributed by atoms with Gasteiger partial charge in [0.1, 0.15) is 30.5 Å². The average Bonchev–Trinajstić information content (AvgIpc) is 1.59. The topological polar surface area (TPSA) is 220 Å². The minimum absolute atomic E-state index is 0.00289. The van der Waals surface area contributed by atoms with Gasteiger partial charge in [-0.05, 0) is 177 Å². The van der Waals surface area contributed by atoms with Gasteiger partial charge < -0.3 is 42.6 Å². The lowest BCUT2D eigenvalue weighted by Crippen LogP contribution is -2.39. The third-order valence-electron chi connectivity index (χ3n) is 23.2. The Labute approximate surface area is 608 Å². The van der Waals surface area contributed by atoms with Crippen molar-refractivity contribution in [3.05, 3.63) is 0 Å². The van der Waals surface area contributed by atoms with Crippen LogP contribution in [0.4, 0.5) is 0 Å². The van der Waals surface area contributed by atoms with E-state index in [-0.39, 0.29) is 88.7 Å². The zero-order chi connectivity index (χ0) is 75.1. The third-order valence-corrected chi connectivity index (χ3v) is 23.2. The lowest BCUT2D eigenvalue weighted by molar-refractivity contribution is -0.170. The van der Waals surface area contributed by atoms with Gasteiger partial charge in [0.25, 0.3) is 0 Å². The summed E-state index contributed by atoms with van der Waals surface area (Å²) in [6, 6.07) is 0. The Hall–Kier alpha value is -4.28. The Morgan fingerprint density at radius 3 is 1.42 bits per heavy atom. The third kappa shape index (κ3) is 24.1. The highest BCUT2D eigenvalue weighted by atomic mass is 16.6. The molecule has 21 fully saturated rings. The van der Waals surface area contributed by atoms with Crippen LogP contribution in [0.3, 0.4) is 0 Å². The van der Waals surface area contributed by atoms with E-state index in [1.165, 1.54) is 96.3 Å². The second kappa shape index (κ2) is 49.4. The maximum atomic E-state index is 11.6. The molecule has 11 aliphatic heterocycles. The van der Waals surface area contributed by atoms with Crippen LogP contribution in [0.15, 0.2) is 0 Å². The Bertz CT molecular complexity index is 2260. The summed E-state index contributed by atoms with van der Waals surface area (Å²) in [5.74, 6) is 7.84. The summed E-state index contributed by atoms with van der Waals surface area (Å²) >= 11 is 0. The molecule has 0 radical (unpaired) electrons. The summed E-state index contributed by atoms with van der Waals surface area (Å²) in [6.07, 6.45) is 35.0. The minimum atomic E-state index is -0.107. The number of carbonyl (C=O) groups excluding carboxylic acids is 8. The molecule has 10 bridgehead atoms. The standard InChI is InChI=1S/C10H14O2.C9H12O2.C9H14O2.C8H10O2.3C7H10O2.C6H8O3.10C2H6/c11-9-10(3-4-12-9)6-7-1-2-8(10)5-7;10-9-8-6-2-1-5(3-6)7(8)4-11-9;10-8-9(6-7-11-8)4-2-1-3-5-9;9-8-6-2-5-1-4(6)3-7(5)10-8;8-7-5-1-3-6(9-7)4-2-5;8-7-6-3-1-2-5(6)4-9-7;8-7-4-5-2-1-3-6(5)9-7;7-6-3-5-4(9-6)1-2-8-5;10*1-2/h7-8H,1-6H2;5-8H,1-4H2;1-7H2;4-7H,1-3H2;3*5-6H,1-4H2;4-5H,1-3H2;10*1-2H3. The molecule has 0 aromatic carbocycles. The van der Waals surface area contributed by atoms with Gasteiger partial charge in [0.2, 0.25) is 0 Å². The fourth-order valence-electron chi connectivity index (χ4n) is 18.7. The number of esters is 8. The number of carbonyl (C=O) groups is 8. The molecule has 17 unspecified atom stereocenters. The molecule has 0 amide bonds. The van der Waals surface area contributed by atoms with Gasteiger partial charge in [-0.15, -0.1) is 0 Å². The van der Waals surface area contributed by atoms with Crippen LogP contribution in [0.1, 0.15) is 331 Å². The van der Waals surface area contributed by atoms with Crippen molar-refractivity contribution in [1.82, 2.24) is 0 Å². The van der Waals surface area contributed by atoms with Gasteiger partial charge >= 0.3 is 47.8 Å². The average molecular weight is 1420 g/mol. The van der Waals surface area contributed by atoms with E-state index in [4.69, 9.17) is 42.6 Å². The molecule has 0 aromatic rings. The van der Waals surface area contributed by atoms with Crippen molar-refractivity contribution >= 4 is 47.8 Å². The maximum Gasteiger partial charge on any atom is 0.312 e. The number of ether oxygens (including phenoxy) is 9. The molecule has 11 saturated heterocycles. The zero-order valence-corrected chi connectivity index (χ0v) is 67.1. The van der Waals surface area contributed by atoms with Gasteiger partial charge in [-0.2, -0.15) is 0 Å². The highest BCUT2D eigenvalue weighted by Crippen LogP contribution is 2.60. The van der Waals surface area contributed by atoms with Gasteiger partial charge in [0.15, 0.2) is 0 Å². The van der Waals surface area contributed by atoms with E-state index >= 15 is 0 Å². The molecule has 100 heavy (non-hydrogen) atoms. The summed E-state index contributed by atoms with van der Waals surface area (Å²) in [5.41, 5.74) is -0.0266. The lowest BCUT2D eigenvalue weighted by atomic mass is 9.72. The molecule has 17 nitrogen and oxygen atoms in total. The SMILES string of the molecule is CC.CC.CC.CC.CC.CC.CC.CC.CC.CC.O=C1CC2CCCC2O1.O=C1CC2OCCC2O1.O=C1OC2CC3CC2CC13.O=C1OC2CCC1CC2.O=C1OCC2C3CCC(C3)C12.O=C1OCC2CCCC12.O=C1OCCC12CC1CCC2C1.O=C1OCCC12CCCCC2. The minimum Gasteiger partial charge on any atom is -0.465 e. The first-order valence-electron chi connectivity index (χ1n) is 41.9. The Balaban J connectivity index is 0.000000375. The molecular weight excluding hydrogens is 1270 g/mol. The number of hydrogen-bond acceptors (Lipinski definition) is 17. The van der Waals surface area contributed by atoms with Crippen LogP contribution in [-0.2, 0) is 81.0 Å². The predicted octanol–water partition coefficient (Wildman–Crippen LogP) is 19.3. The molecular formula is C83H148O17. The first-order chi connectivity index (χ1) is 48.8. The van der Waals surface area contributed by atoms with Gasteiger partial charge in [-0.25, -0.2) is 0 Å². The zero-order valence-electron chi connectivity index (χ0n) is 67.1. The monoisotopic (exact) mass is 1420 g/mol. The fourth-order valence-corrected chi connectivity index (χ4v) is 18.7. The van der Waals surface area contributed by atoms with Crippen molar-refractivity contribution in [2.75, 3.05) is 33.0 Å². The quantitative estimate of drug-likeness (QED) is 0.163. The maximum absolute atomic E-state index is 11.6. The molecule has 582 valence electrons. The van der Waals surface area contributed by atoms with Crippen LogP contribution in [-0.4, -0.2) is 111 Å². The second-order valence-electron chi connectivity index (χ2n) is 27.5. The molecule has 17 atom stereocenters. The first kappa shape index (κ1) is 91.8. The summed E-state index contributed by atoms with van der Waals surface area (Å²) in [6.45, 7) is 43.5. The molecule has 11 heterocycles. The molecule has 10 saturated carbocycles. The van der Waals surface area contributed by atoms with Crippen LogP contribution < -0.4 is 0 Å². The van der Waals surface area contributed by atoms with Crippen LogP contribution in [0.2, 0.25) is 0 Å². The first-order valence-corrected chi connectivity index (χ1v) is 41.9. The molecule has 2 spiro atoms. The van der Waals surface area contributed by atoms with Crippen molar-refractivity contribution in [1.29, 1.82) is 0 Å². The van der Waals surface area contributed by atoms with E-state index in [1.807, 2.05) is 138 Å². The second-order valence-corrected chi connectivity index (χ2v) is 27.5. The van der Waals surface area contributed by atoms with Crippen molar-refractivity contribution < 1.29 is 81.0 Å². The Kier molecular flexibility index (Phi) is 45.4. The van der Waals surface area contributed by atoms with E-state index in [2.05, 4.69) is 0 Å². The normalized spacial score (nSPS) is 35.9. The summed E-state index contributed by atoms with van der Waals surface area (Å²) < 4.78 is 45.5. The molecule has 21 rings (SSSR count). The summed E-state index contributed by atoms with van der Waals surface area (Å²) in [7, 11) is 0. The molecule has 0 aromatic heterocycles. The van der Waals surface area contributed by atoms with Crippen LogP contribution in [0, 0.1) is 87.8 Å². The highest BCUT2D eigenvalue weighted by molar-refractivity contribution is 5.80. The van der Waals surface area contributed by atoms with Crippen molar-refractivity contribution in [3.8, 4) is 0 Å². The largest absolute Gasteiger partial charge is 0.465 e. The van der Waals surface area contributed by atoms with E-state index in [0.717, 1.165) is 114 Å². The van der Waals surface area contributed by atoms with Crippen LogP contribution in [0.25, 0.3) is 0 Å². The van der Waals surface area contributed by atoms with E-state index in [9.17, 15) is 38.4 Å². The van der Waals surface area contributed by atoms with Crippen LogP contribution >= 0.6 is 0 Å². The van der Waals surface area contributed by atoms with Gasteiger partial charge in [0.05, 0.1) is 80.4 Å². The summed E-state index contributed by atoms with van der Waals surface area (Å²) in [5, 5.41) is 0. The van der Waals surface area contributed by atoms with Crippen molar-refractivity contribution in [2.45, 2.75) is 362 Å². The van der Waals surface area contributed by atoms with E-state index in [0.29, 0.717) is 92.2 Å². The van der Waals surface area contributed by atoms with E-state index < -0.39 is 0 Å². The Morgan fingerprint density at radius 1 is 0.340 bits per heavy atom. The highest BCUT2D eigenvalue weighted by Gasteiger charge is 2.59. The molecule has 0 N–H and O–H groups in total. The van der Waals surface area contributed by atoms with E-state index in [1.54, 1.807) is 0 Å². The number of hydrogen-bond donors (Lipinski definition) is 0. The molecule has 17 heteroatoms. The predicted molar refractivity (Wildman–Crippen MR) is 395 cm³/mol. The number of fused-ring (bicyclic) bond motifs is 15. The smallest absolute Gasteiger partial charge is 0.312 e. The number of cyclic esters (lactones) is 4. The van der Waals surface area contributed by atoms with Crippen LogP contribution in [0.5, 0.6) is 0 Å². The van der Waals surface area contributed by atoms with Crippen molar-refractivity contribution in [2.24, 2.45) is 87.8 Å². The van der Waals surface area contributed by atoms with Gasteiger partial charge in [-0.1, -0.05) is 171 Å². The molecule has 21 aliphatic rings. The number of rotatable bonds is 0. The Morgan fingerprint density at radius 2 is 0.930 bits per heavy atom. The van der Waals surface area contributed by atoms with Gasteiger partial charge in [0, 0.05) is 24.2 Å². The van der Waals surface area contributed by atoms with Gasteiger partial charge in [-0.3, -0.25) is 38.4 Å². The fraction of sp³-hybridized carbons (Fsp3) is 0.904.